The molecule has 0 bridgehead atoms. The van der Waals surface area contributed by atoms with Crippen molar-refractivity contribution in [1.82, 2.24) is 0 Å². The predicted octanol–water partition coefficient (Wildman–Crippen LogP) is 0.253. The molecule has 0 amide bonds. The molecular formula is C2H2F3O3S. The van der Waals surface area contributed by atoms with Gasteiger partial charge in [0.05, 0.1) is 0 Å². The van der Waals surface area contributed by atoms with Gasteiger partial charge in [0.1, 0.15) is 0 Å². The molecule has 1 radical (unpaired) electrons. The highest BCUT2D eigenvalue weighted by atomic mass is 32.2. The third-order valence-electron chi connectivity index (χ3n) is 0.272. The predicted molar refractivity (Wildman–Crippen MR) is 21.8 cm³/mol. The van der Waals surface area contributed by atoms with Crippen molar-refractivity contribution < 1.29 is 25.8 Å². The first kappa shape index (κ1) is 8.70. The summed E-state index contributed by atoms with van der Waals surface area (Å²) in [6.07, 6.45) is -4.70. The summed E-state index contributed by atoms with van der Waals surface area (Å²) < 4.78 is 54.7. The molecular weight excluding hydrogens is 161 g/mol. The van der Waals surface area contributed by atoms with Crippen molar-refractivity contribution in [3.8, 4) is 0 Å². The van der Waals surface area contributed by atoms with Gasteiger partial charge in [0.15, 0.2) is 0 Å². The summed E-state index contributed by atoms with van der Waals surface area (Å²) in [6, 6.07) is 0. The van der Waals surface area contributed by atoms with Gasteiger partial charge in [-0.25, -0.2) is 8.42 Å². The third kappa shape index (κ3) is 7.70. The van der Waals surface area contributed by atoms with Gasteiger partial charge in [-0.2, -0.15) is 13.2 Å². The van der Waals surface area contributed by atoms with Gasteiger partial charge in [-0.15, -0.1) is 0 Å². The number of hydrogen-bond donors (Lipinski definition) is 1. The Morgan fingerprint density at radius 3 is 1.89 bits per heavy atom. The molecule has 0 fully saturated rings. The maximum Gasteiger partial charge on any atom is 0.419 e. The number of thiol groups is 1. The minimum atomic E-state index is -4.70. The lowest BCUT2D eigenvalue weighted by Gasteiger charge is -1.99. The van der Waals surface area contributed by atoms with Crippen molar-refractivity contribution in [2.24, 2.45) is 0 Å². The Balaban J connectivity index is 3.52. The van der Waals surface area contributed by atoms with Crippen LogP contribution >= 0.6 is 0 Å². The van der Waals surface area contributed by atoms with Crippen molar-refractivity contribution >= 4 is 11.0 Å². The van der Waals surface area contributed by atoms with Crippen LogP contribution in [0.5, 0.6) is 0 Å². The molecule has 0 rings (SSSR count). The Bertz CT molecular complexity index is 140. The van der Waals surface area contributed by atoms with Crippen LogP contribution in [-0.4, -0.2) is 14.6 Å². The van der Waals surface area contributed by atoms with E-state index in [1.165, 1.54) is 0 Å². The quantitative estimate of drug-likeness (QED) is 0.593. The Morgan fingerprint density at radius 1 is 1.33 bits per heavy atom. The van der Waals surface area contributed by atoms with Crippen LogP contribution in [0.25, 0.3) is 0 Å². The molecule has 0 heterocycles. The summed E-state index contributed by atoms with van der Waals surface area (Å²) in [4.78, 5) is 0. The highest BCUT2D eigenvalue weighted by Crippen LogP contribution is 2.18. The lowest BCUT2D eigenvalue weighted by atomic mass is 10.7. The second-order valence-electron chi connectivity index (χ2n) is 0.988. The van der Waals surface area contributed by atoms with Crippen LogP contribution in [0, 0.1) is 6.61 Å². The van der Waals surface area contributed by atoms with Gasteiger partial charge in [-0.1, -0.05) is 0 Å². The Labute approximate surface area is 50.6 Å². The van der Waals surface area contributed by atoms with Gasteiger partial charge >= 0.3 is 6.18 Å². The van der Waals surface area contributed by atoms with E-state index in [9.17, 15) is 21.6 Å². The molecule has 0 spiro atoms. The van der Waals surface area contributed by atoms with Crippen LogP contribution in [0.1, 0.15) is 0 Å². The number of halogens is 3. The molecule has 55 valence electrons. The second kappa shape index (κ2) is 3.02. The van der Waals surface area contributed by atoms with Crippen molar-refractivity contribution in [2.75, 3.05) is 0 Å². The molecule has 0 aromatic rings. The van der Waals surface area contributed by atoms with E-state index in [1.54, 1.807) is 0 Å². The normalized spacial score (nSPS) is 12.4. The summed E-state index contributed by atoms with van der Waals surface area (Å²) in [7, 11) is -3.44. The number of hydrogen-bond acceptors (Lipinski definition) is 3. The third-order valence-corrected chi connectivity index (χ3v) is 0.550. The lowest BCUT2D eigenvalue weighted by Crippen LogP contribution is -2.09. The van der Waals surface area contributed by atoms with Gasteiger partial charge in [0.25, 0.3) is 11.0 Å². The van der Waals surface area contributed by atoms with Crippen molar-refractivity contribution in [2.45, 2.75) is 6.18 Å². The van der Waals surface area contributed by atoms with Crippen LogP contribution in [0.3, 0.4) is 0 Å². The van der Waals surface area contributed by atoms with Crippen LogP contribution in [0.2, 0.25) is 0 Å². The van der Waals surface area contributed by atoms with E-state index < -0.39 is 23.8 Å². The average molecular weight is 163 g/mol. The summed E-state index contributed by atoms with van der Waals surface area (Å²) in [5, 5.41) is 0. The molecule has 0 saturated heterocycles. The van der Waals surface area contributed by atoms with Crippen LogP contribution in [0.4, 0.5) is 13.2 Å². The van der Waals surface area contributed by atoms with E-state index in [-0.39, 0.29) is 0 Å². The highest BCUT2D eigenvalue weighted by molar-refractivity contribution is 7.67. The summed E-state index contributed by atoms with van der Waals surface area (Å²) in [6.45, 7) is -0.710. The molecule has 3 nitrogen and oxygen atoms in total. The molecule has 0 saturated carbocycles. The summed E-state index contributed by atoms with van der Waals surface area (Å²) >= 11 is 0. The van der Waals surface area contributed by atoms with Crippen molar-refractivity contribution in [1.29, 1.82) is 0 Å². The Hall–Kier alpha value is -0.300. The van der Waals surface area contributed by atoms with Crippen LogP contribution < -0.4 is 0 Å². The Morgan fingerprint density at radius 2 is 1.78 bits per heavy atom. The molecule has 9 heavy (non-hydrogen) atoms. The van der Waals surface area contributed by atoms with Gasteiger partial charge in [0.2, 0.25) is 6.61 Å². The summed E-state index contributed by atoms with van der Waals surface area (Å²) in [5.74, 6) is 0. The largest absolute Gasteiger partial charge is 0.419 e. The van der Waals surface area contributed by atoms with Gasteiger partial charge in [0, 0.05) is 0 Å². The number of rotatable bonds is 2. The second-order valence-corrected chi connectivity index (χ2v) is 1.65. The zero-order valence-corrected chi connectivity index (χ0v) is 4.78. The molecule has 0 N–H and O–H groups in total. The topological polar surface area (TPSA) is 43.4 Å². The maximum absolute atomic E-state index is 11.0. The summed E-state index contributed by atoms with van der Waals surface area (Å²) in [5.41, 5.74) is 0. The molecule has 0 atom stereocenters. The van der Waals surface area contributed by atoms with E-state index in [2.05, 4.69) is 4.18 Å². The van der Waals surface area contributed by atoms with E-state index in [0.717, 1.165) is 0 Å². The minimum Gasteiger partial charge on any atom is -0.256 e. The van der Waals surface area contributed by atoms with E-state index in [1.807, 2.05) is 0 Å². The number of alkyl halides is 3. The molecule has 0 aliphatic rings. The fraction of sp³-hybridized carbons (Fsp3) is 0.500. The molecule has 0 aromatic carbocycles. The van der Waals surface area contributed by atoms with E-state index in [0.29, 0.717) is 0 Å². The first-order valence-electron chi connectivity index (χ1n) is 1.64. The standard InChI is InChI=1S/C2H2F3O3S/c3-2(4,5)1-8-9(6)7/h1,9H. The average Bonchev–Trinajstić information content (AvgIpc) is 1.59. The minimum absolute atomic E-state index is 0.710. The fourth-order valence-corrected chi connectivity index (χ4v) is 0.308. The van der Waals surface area contributed by atoms with Gasteiger partial charge in [-0.3, -0.25) is 4.18 Å². The van der Waals surface area contributed by atoms with E-state index >= 15 is 0 Å². The lowest BCUT2D eigenvalue weighted by molar-refractivity contribution is -0.121. The Kier molecular flexibility index (Phi) is 2.92. The van der Waals surface area contributed by atoms with Gasteiger partial charge in [-0.05, 0) is 0 Å². The van der Waals surface area contributed by atoms with E-state index in [4.69, 9.17) is 0 Å². The van der Waals surface area contributed by atoms with Crippen LogP contribution in [0.15, 0.2) is 0 Å². The van der Waals surface area contributed by atoms with Crippen molar-refractivity contribution in [3.05, 3.63) is 6.61 Å². The van der Waals surface area contributed by atoms with Crippen LogP contribution in [-0.2, 0) is 15.2 Å². The maximum atomic E-state index is 11.0. The molecule has 0 aromatic heterocycles. The van der Waals surface area contributed by atoms with Gasteiger partial charge < -0.3 is 0 Å². The first-order chi connectivity index (χ1) is 3.92. The fourth-order valence-electron chi connectivity index (χ4n) is 0.103. The SMILES string of the molecule is O=[SH](=O)O[CH]C(F)(F)F. The highest BCUT2D eigenvalue weighted by Gasteiger charge is 2.29. The molecule has 7 heteroatoms. The molecule has 0 aliphatic carbocycles. The van der Waals surface area contributed by atoms with Crippen molar-refractivity contribution in [3.63, 3.8) is 0 Å². The first-order valence-corrected chi connectivity index (χ1v) is 2.73. The molecule has 0 aliphatic heterocycles. The smallest absolute Gasteiger partial charge is 0.256 e. The zero-order valence-electron chi connectivity index (χ0n) is 3.88. The zero-order chi connectivity index (χ0) is 7.49. The molecule has 0 unspecified atom stereocenters. The monoisotopic (exact) mass is 163 g/mol.